The molecule has 2 heterocycles. The van der Waals surface area contributed by atoms with Gasteiger partial charge >= 0.3 is 5.97 Å². The Morgan fingerprint density at radius 2 is 2.16 bits per heavy atom. The van der Waals surface area contributed by atoms with Crippen LogP contribution in [0.5, 0.6) is 5.75 Å². The SMILES string of the molecule is CCCC[C@H](C(=O)O)N1C(=O)/C(=C\c2ccc(-c3ccc(OC)cc3[N+](=O)[O-])o2)SC1=S. The van der Waals surface area contributed by atoms with Gasteiger partial charge in [0.1, 0.15) is 27.6 Å². The summed E-state index contributed by atoms with van der Waals surface area (Å²) in [7, 11) is 1.41. The summed E-state index contributed by atoms with van der Waals surface area (Å²) >= 11 is 6.25. The van der Waals surface area contributed by atoms with E-state index in [9.17, 15) is 24.8 Å². The zero-order valence-electron chi connectivity index (χ0n) is 17.3. The summed E-state index contributed by atoms with van der Waals surface area (Å²) in [5, 5.41) is 21.0. The molecular formula is C21H20N2O7S2. The number of thiocarbonyl (C=S) groups is 1. The molecule has 2 aromatic rings. The Hall–Kier alpha value is -3.18. The zero-order chi connectivity index (χ0) is 23.4. The summed E-state index contributed by atoms with van der Waals surface area (Å²) in [6.07, 6.45) is 3.20. The normalized spacial score (nSPS) is 15.9. The van der Waals surface area contributed by atoms with Crippen LogP contribution >= 0.6 is 24.0 Å². The van der Waals surface area contributed by atoms with Gasteiger partial charge in [0.15, 0.2) is 0 Å². The molecule has 0 unspecified atom stereocenters. The number of nitrogens with zero attached hydrogens (tertiary/aromatic N) is 2. The molecule has 1 aliphatic rings. The van der Waals surface area contributed by atoms with Crippen molar-refractivity contribution in [2.24, 2.45) is 0 Å². The van der Waals surface area contributed by atoms with E-state index in [0.717, 1.165) is 23.1 Å². The summed E-state index contributed by atoms with van der Waals surface area (Å²) in [5.74, 6) is -0.745. The van der Waals surface area contributed by atoms with Gasteiger partial charge in [-0.3, -0.25) is 19.8 Å². The van der Waals surface area contributed by atoms with E-state index in [4.69, 9.17) is 21.4 Å². The van der Waals surface area contributed by atoms with E-state index in [0.29, 0.717) is 18.6 Å². The summed E-state index contributed by atoms with van der Waals surface area (Å²) in [4.78, 5) is 36.8. The van der Waals surface area contributed by atoms with Crippen molar-refractivity contribution in [3.63, 3.8) is 0 Å². The smallest absolute Gasteiger partial charge is 0.326 e. The lowest BCUT2D eigenvalue weighted by molar-refractivity contribution is -0.384. The van der Waals surface area contributed by atoms with Gasteiger partial charge in [-0.25, -0.2) is 4.79 Å². The minimum Gasteiger partial charge on any atom is -0.497 e. The minimum atomic E-state index is -1.11. The van der Waals surface area contributed by atoms with E-state index < -0.39 is 22.8 Å². The third kappa shape index (κ3) is 4.83. The van der Waals surface area contributed by atoms with Crippen molar-refractivity contribution in [1.29, 1.82) is 0 Å². The van der Waals surface area contributed by atoms with Crippen LogP contribution in [-0.2, 0) is 9.59 Å². The molecule has 1 N–H and O–H groups in total. The molecule has 1 fully saturated rings. The van der Waals surface area contributed by atoms with Crippen molar-refractivity contribution >= 4 is 51.9 Å². The second-order valence-electron chi connectivity index (χ2n) is 6.89. The lowest BCUT2D eigenvalue weighted by Gasteiger charge is -2.22. The van der Waals surface area contributed by atoms with E-state index in [2.05, 4.69) is 0 Å². The molecule has 0 bridgehead atoms. The summed E-state index contributed by atoms with van der Waals surface area (Å²) in [6.45, 7) is 1.94. The monoisotopic (exact) mass is 476 g/mol. The molecule has 1 aromatic carbocycles. The molecule has 1 aromatic heterocycles. The van der Waals surface area contributed by atoms with E-state index >= 15 is 0 Å². The van der Waals surface area contributed by atoms with Crippen molar-refractivity contribution in [3.05, 3.63) is 51.1 Å². The predicted octanol–water partition coefficient (Wildman–Crippen LogP) is 4.71. The van der Waals surface area contributed by atoms with Gasteiger partial charge in [0.05, 0.1) is 28.6 Å². The standard InChI is InChI=1S/C21H20N2O7S2/c1-3-4-5-15(20(25)26)22-19(24)18(32-21(22)31)11-13-7-9-17(30-13)14-8-6-12(29-2)10-16(14)23(27)28/h6-11,15H,3-5H2,1-2H3,(H,25,26)/b18-11+/t15-/m1/s1. The Bertz CT molecular complexity index is 1110. The van der Waals surface area contributed by atoms with Gasteiger partial charge in [0, 0.05) is 6.08 Å². The maximum Gasteiger partial charge on any atom is 0.326 e. The zero-order valence-corrected chi connectivity index (χ0v) is 18.9. The van der Waals surface area contributed by atoms with Crippen molar-refractivity contribution in [2.45, 2.75) is 32.2 Å². The fraction of sp³-hybridized carbons (Fsp3) is 0.286. The number of carboxylic acid groups (broad SMARTS) is 1. The van der Waals surface area contributed by atoms with Crippen molar-refractivity contribution in [1.82, 2.24) is 4.90 Å². The Morgan fingerprint density at radius 3 is 2.78 bits per heavy atom. The number of carbonyl (C=O) groups excluding carboxylic acids is 1. The van der Waals surface area contributed by atoms with Crippen LogP contribution in [0.3, 0.4) is 0 Å². The number of hydrogen-bond acceptors (Lipinski definition) is 8. The van der Waals surface area contributed by atoms with Crippen LogP contribution in [0.4, 0.5) is 5.69 Å². The number of methoxy groups -OCH3 is 1. The Morgan fingerprint density at radius 1 is 1.41 bits per heavy atom. The third-order valence-electron chi connectivity index (χ3n) is 4.82. The molecule has 0 saturated carbocycles. The van der Waals surface area contributed by atoms with Gasteiger partial charge in [0.25, 0.3) is 11.6 Å². The number of ether oxygens (including phenoxy) is 1. The number of unbranched alkanes of at least 4 members (excludes halogenated alkanes) is 1. The van der Waals surface area contributed by atoms with Crippen LogP contribution in [-0.4, -0.2) is 44.3 Å². The van der Waals surface area contributed by atoms with Gasteiger partial charge in [-0.15, -0.1) is 0 Å². The van der Waals surface area contributed by atoms with Crippen LogP contribution in [0.2, 0.25) is 0 Å². The van der Waals surface area contributed by atoms with E-state index in [1.807, 2.05) is 6.92 Å². The first-order chi connectivity index (χ1) is 15.3. The van der Waals surface area contributed by atoms with Gasteiger partial charge in [0.2, 0.25) is 0 Å². The number of thioether (sulfide) groups is 1. The number of carboxylic acids is 1. The van der Waals surface area contributed by atoms with Crippen LogP contribution in [0.15, 0.2) is 39.7 Å². The third-order valence-corrected chi connectivity index (χ3v) is 6.15. The molecule has 1 saturated heterocycles. The minimum absolute atomic E-state index is 0.169. The molecule has 0 spiro atoms. The van der Waals surface area contributed by atoms with Gasteiger partial charge < -0.3 is 14.3 Å². The van der Waals surface area contributed by atoms with E-state index in [-0.39, 0.29) is 32.0 Å². The highest BCUT2D eigenvalue weighted by Crippen LogP contribution is 2.37. The number of carbonyl (C=O) groups is 2. The van der Waals surface area contributed by atoms with Gasteiger partial charge in [-0.05, 0) is 30.7 Å². The van der Waals surface area contributed by atoms with Crippen molar-refractivity contribution in [3.8, 4) is 17.1 Å². The van der Waals surface area contributed by atoms with Crippen molar-refractivity contribution in [2.75, 3.05) is 7.11 Å². The molecule has 32 heavy (non-hydrogen) atoms. The number of furan rings is 1. The Labute approximate surface area is 193 Å². The number of nitro benzene ring substituents is 1. The second-order valence-corrected chi connectivity index (χ2v) is 8.57. The number of benzene rings is 1. The molecule has 1 aliphatic heterocycles. The van der Waals surface area contributed by atoms with Crippen LogP contribution < -0.4 is 4.74 Å². The predicted molar refractivity (Wildman–Crippen MR) is 123 cm³/mol. The van der Waals surface area contributed by atoms with E-state index in [1.54, 1.807) is 18.2 Å². The lowest BCUT2D eigenvalue weighted by atomic mass is 10.1. The Balaban J connectivity index is 1.89. The number of hydrogen-bond donors (Lipinski definition) is 1. The summed E-state index contributed by atoms with van der Waals surface area (Å²) < 4.78 is 10.9. The van der Waals surface area contributed by atoms with Gasteiger partial charge in [-0.1, -0.05) is 43.7 Å². The first kappa shape index (κ1) is 23.5. The molecular weight excluding hydrogens is 456 g/mol. The molecule has 9 nitrogen and oxygen atoms in total. The summed E-state index contributed by atoms with van der Waals surface area (Å²) in [6, 6.07) is 6.50. The maximum absolute atomic E-state index is 12.9. The molecule has 168 valence electrons. The topological polar surface area (TPSA) is 123 Å². The first-order valence-corrected chi connectivity index (χ1v) is 10.9. The lowest BCUT2D eigenvalue weighted by Crippen LogP contribution is -2.43. The highest BCUT2D eigenvalue weighted by Gasteiger charge is 2.40. The Kier molecular flexibility index (Phi) is 7.31. The second kappa shape index (κ2) is 9.96. The van der Waals surface area contributed by atoms with Crippen molar-refractivity contribution < 1.29 is 28.8 Å². The number of amides is 1. The average Bonchev–Trinajstić information content (AvgIpc) is 3.33. The number of aliphatic carboxylic acids is 1. The highest BCUT2D eigenvalue weighted by atomic mass is 32.2. The molecule has 1 atom stereocenters. The fourth-order valence-electron chi connectivity index (χ4n) is 3.21. The molecule has 11 heteroatoms. The largest absolute Gasteiger partial charge is 0.497 e. The van der Waals surface area contributed by atoms with Crippen LogP contribution in [0.1, 0.15) is 31.9 Å². The van der Waals surface area contributed by atoms with E-state index in [1.165, 1.54) is 25.3 Å². The quantitative estimate of drug-likeness (QED) is 0.237. The summed E-state index contributed by atoms with van der Waals surface area (Å²) in [5.41, 5.74) is 0.0744. The molecule has 1 amide bonds. The molecule has 0 aliphatic carbocycles. The first-order valence-electron chi connectivity index (χ1n) is 9.69. The number of rotatable bonds is 9. The van der Waals surface area contributed by atoms with Crippen LogP contribution in [0.25, 0.3) is 17.4 Å². The fourth-order valence-corrected chi connectivity index (χ4v) is 4.55. The molecule has 0 radical (unpaired) electrons. The highest BCUT2D eigenvalue weighted by molar-refractivity contribution is 8.26. The maximum atomic E-state index is 12.9. The average molecular weight is 477 g/mol. The number of nitro groups is 1. The van der Waals surface area contributed by atoms with Gasteiger partial charge in [-0.2, -0.15) is 0 Å². The molecule has 3 rings (SSSR count). The van der Waals surface area contributed by atoms with Crippen LogP contribution in [0, 0.1) is 10.1 Å².